The van der Waals surface area contributed by atoms with Gasteiger partial charge in [-0.05, 0) is 42.3 Å². The van der Waals surface area contributed by atoms with Crippen LogP contribution in [0.2, 0.25) is 0 Å². The van der Waals surface area contributed by atoms with Crippen molar-refractivity contribution in [3.05, 3.63) is 95.8 Å². The molecular formula is C25H26ClFN6. The van der Waals surface area contributed by atoms with Crippen molar-refractivity contribution < 1.29 is 4.39 Å². The van der Waals surface area contributed by atoms with Crippen LogP contribution in [0.1, 0.15) is 22.7 Å². The van der Waals surface area contributed by atoms with Gasteiger partial charge in [0, 0.05) is 55.9 Å². The first-order valence-electron chi connectivity index (χ1n) is 10.8. The van der Waals surface area contributed by atoms with E-state index in [9.17, 15) is 4.39 Å². The van der Waals surface area contributed by atoms with Gasteiger partial charge in [-0.3, -0.25) is 15.0 Å². The van der Waals surface area contributed by atoms with Crippen molar-refractivity contribution in [3.8, 4) is 11.3 Å². The molecular weight excluding hydrogens is 439 g/mol. The number of aryl methyl sites for hydroxylation is 1. The largest absolute Gasteiger partial charge is 0.352 e. The topological polar surface area (TPSA) is 60.9 Å². The Balaban J connectivity index is 0.00000259. The highest BCUT2D eigenvalue weighted by molar-refractivity contribution is 5.85. The maximum absolute atomic E-state index is 13.4. The molecule has 33 heavy (non-hydrogen) atoms. The van der Waals surface area contributed by atoms with Crippen LogP contribution in [0, 0.1) is 12.7 Å². The number of nitrogens with zero attached hydrogens (tertiary/aromatic N) is 5. The summed E-state index contributed by atoms with van der Waals surface area (Å²) in [4.78, 5) is 14.0. The number of hydrogen-bond acceptors (Lipinski definition) is 5. The molecule has 1 aliphatic rings. The highest BCUT2D eigenvalue weighted by atomic mass is 35.5. The van der Waals surface area contributed by atoms with E-state index in [1.165, 1.54) is 28.8 Å². The fraction of sp³-hybridized carbons (Fsp3) is 0.240. The zero-order chi connectivity index (χ0) is 21.9. The van der Waals surface area contributed by atoms with E-state index >= 15 is 0 Å². The average molecular weight is 465 g/mol. The molecule has 3 heterocycles. The third kappa shape index (κ3) is 4.74. The summed E-state index contributed by atoms with van der Waals surface area (Å²) in [7, 11) is 0. The van der Waals surface area contributed by atoms with Gasteiger partial charge in [0.15, 0.2) is 5.82 Å². The maximum Gasteiger partial charge on any atom is 0.155 e. The highest BCUT2D eigenvalue weighted by Gasteiger charge is 2.29. The third-order valence-electron chi connectivity index (χ3n) is 6.09. The van der Waals surface area contributed by atoms with E-state index in [4.69, 9.17) is 0 Å². The summed E-state index contributed by atoms with van der Waals surface area (Å²) in [6.07, 6.45) is 7.31. The summed E-state index contributed by atoms with van der Waals surface area (Å²) in [5, 5.41) is 7.17. The van der Waals surface area contributed by atoms with Gasteiger partial charge in [0.2, 0.25) is 0 Å². The summed E-state index contributed by atoms with van der Waals surface area (Å²) in [5.74, 6) is 0.587. The molecule has 4 aromatic rings. The van der Waals surface area contributed by atoms with E-state index < -0.39 is 0 Å². The molecule has 5 rings (SSSR count). The summed E-state index contributed by atoms with van der Waals surface area (Å²) in [5.41, 5.74) is 5.39. The molecule has 2 aromatic carbocycles. The number of piperazine rings is 1. The lowest BCUT2D eigenvalue weighted by Gasteiger charge is -2.40. The molecule has 1 fully saturated rings. The number of anilines is 1. The number of halogens is 2. The van der Waals surface area contributed by atoms with E-state index in [1.807, 2.05) is 12.4 Å². The Labute approximate surface area is 198 Å². The first-order chi connectivity index (χ1) is 15.7. The predicted molar refractivity (Wildman–Crippen MR) is 130 cm³/mol. The van der Waals surface area contributed by atoms with Gasteiger partial charge in [0.25, 0.3) is 0 Å². The molecule has 0 saturated carbocycles. The van der Waals surface area contributed by atoms with Crippen LogP contribution in [-0.4, -0.2) is 51.2 Å². The molecule has 2 aromatic heterocycles. The molecule has 0 aliphatic carbocycles. The van der Waals surface area contributed by atoms with Crippen molar-refractivity contribution in [2.24, 2.45) is 0 Å². The van der Waals surface area contributed by atoms with Crippen LogP contribution in [-0.2, 0) is 0 Å². The second kappa shape index (κ2) is 10.1. The van der Waals surface area contributed by atoms with E-state index in [2.05, 4.69) is 61.2 Å². The molecule has 1 saturated heterocycles. The smallest absolute Gasteiger partial charge is 0.155 e. The highest BCUT2D eigenvalue weighted by Crippen LogP contribution is 2.33. The fourth-order valence-electron chi connectivity index (χ4n) is 4.46. The number of hydrogen-bond donors (Lipinski definition) is 1. The van der Waals surface area contributed by atoms with Gasteiger partial charge >= 0.3 is 0 Å². The van der Waals surface area contributed by atoms with Crippen LogP contribution >= 0.6 is 12.4 Å². The Morgan fingerprint density at radius 3 is 2.36 bits per heavy atom. The first-order valence-corrected chi connectivity index (χ1v) is 10.8. The zero-order valence-corrected chi connectivity index (χ0v) is 19.2. The third-order valence-corrected chi connectivity index (χ3v) is 6.09. The summed E-state index contributed by atoms with van der Waals surface area (Å²) < 4.78 is 13.4. The maximum atomic E-state index is 13.4. The quantitative estimate of drug-likeness (QED) is 0.466. The summed E-state index contributed by atoms with van der Waals surface area (Å²) in [6.45, 7) is 5.57. The zero-order valence-electron chi connectivity index (χ0n) is 18.4. The van der Waals surface area contributed by atoms with Crippen LogP contribution < -0.4 is 4.90 Å². The van der Waals surface area contributed by atoms with E-state index in [1.54, 1.807) is 24.5 Å². The predicted octanol–water partition coefficient (Wildman–Crippen LogP) is 4.65. The van der Waals surface area contributed by atoms with Gasteiger partial charge in [0.1, 0.15) is 11.5 Å². The number of H-pyrrole nitrogens is 1. The van der Waals surface area contributed by atoms with Gasteiger partial charge in [-0.15, -0.1) is 12.4 Å². The fourth-order valence-corrected chi connectivity index (χ4v) is 4.46. The monoisotopic (exact) mass is 464 g/mol. The minimum Gasteiger partial charge on any atom is -0.352 e. The Morgan fingerprint density at radius 1 is 0.939 bits per heavy atom. The SMILES string of the molecule is Cc1ccccc1C(c1cn[nH]c1)N1CCN(c2nccnc2-c2ccc(F)cc2)CC1.Cl. The minimum absolute atomic E-state index is 0. The van der Waals surface area contributed by atoms with Gasteiger partial charge in [0.05, 0.1) is 12.2 Å². The van der Waals surface area contributed by atoms with Gasteiger partial charge in [-0.2, -0.15) is 5.10 Å². The van der Waals surface area contributed by atoms with E-state index in [0.29, 0.717) is 0 Å². The molecule has 170 valence electrons. The molecule has 1 aliphatic heterocycles. The molecule has 1 N–H and O–H groups in total. The van der Waals surface area contributed by atoms with Crippen LogP contribution in [0.4, 0.5) is 10.2 Å². The molecule has 0 spiro atoms. The van der Waals surface area contributed by atoms with E-state index in [-0.39, 0.29) is 24.3 Å². The number of nitrogens with one attached hydrogen (secondary N) is 1. The Kier molecular flexibility index (Phi) is 7.01. The average Bonchev–Trinajstić information content (AvgIpc) is 3.36. The lowest BCUT2D eigenvalue weighted by Crippen LogP contribution is -2.48. The van der Waals surface area contributed by atoms with Crippen molar-refractivity contribution in [1.29, 1.82) is 0 Å². The van der Waals surface area contributed by atoms with Crippen LogP contribution in [0.5, 0.6) is 0 Å². The number of aromatic amines is 1. The summed E-state index contributed by atoms with van der Waals surface area (Å²) in [6, 6.07) is 15.1. The normalized spacial score (nSPS) is 15.2. The van der Waals surface area contributed by atoms with Crippen LogP contribution in [0.25, 0.3) is 11.3 Å². The van der Waals surface area contributed by atoms with Gasteiger partial charge in [-0.1, -0.05) is 24.3 Å². The Hall–Kier alpha value is -3.29. The number of aromatic nitrogens is 4. The van der Waals surface area contributed by atoms with Crippen molar-refractivity contribution in [2.45, 2.75) is 13.0 Å². The lowest BCUT2D eigenvalue weighted by atomic mass is 9.95. The Bertz CT molecular complexity index is 1170. The first kappa shape index (κ1) is 22.9. The lowest BCUT2D eigenvalue weighted by molar-refractivity contribution is 0.211. The second-order valence-corrected chi connectivity index (χ2v) is 8.05. The number of benzene rings is 2. The van der Waals surface area contributed by atoms with Crippen molar-refractivity contribution in [1.82, 2.24) is 25.1 Å². The van der Waals surface area contributed by atoms with Crippen LogP contribution in [0.15, 0.2) is 73.3 Å². The van der Waals surface area contributed by atoms with Crippen molar-refractivity contribution in [3.63, 3.8) is 0 Å². The molecule has 1 atom stereocenters. The number of rotatable bonds is 5. The molecule has 1 unspecified atom stereocenters. The second-order valence-electron chi connectivity index (χ2n) is 8.05. The molecule has 0 amide bonds. The molecule has 6 nitrogen and oxygen atoms in total. The minimum atomic E-state index is -0.255. The van der Waals surface area contributed by atoms with Crippen LogP contribution in [0.3, 0.4) is 0 Å². The van der Waals surface area contributed by atoms with Crippen molar-refractivity contribution >= 4 is 18.2 Å². The molecule has 8 heteroatoms. The van der Waals surface area contributed by atoms with Crippen molar-refractivity contribution in [2.75, 3.05) is 31.1 Å². The van der Waals surface area contributed by atoms with Gasteiger partial charge in [-0.25, -0.2) is 9.37 Å². The standard InChI is InChI=1S/C25H25FN6.ClH/c1-18-4-2-3-5-22(18)24(20-16-29-30-17-20)31-12-14-32(15-13-31)25-23(27-10-11-28-25)19-6-8-21(26)9-7-19;/h2-11,16-17,24H,12-15H2,1H3,(H,29,30);1H. The Morgan fingerprint density at radius 2 is 1.67 bits per heavy atom. The molecule has 0 radical (unpaired) electrons. The van der Waals surface area contributed by atoms with Gasteiger partial charge < -0.3 is 4.90 Å². The van der Waals surface area contributed by atoms with E-state index in [0.717, 1.165) is 43.3 Å². The summed E-state index contributed by atoms with van der Waals surface area (Å²) >= 11 is 0. The molecule has 0 bridgehead atoms.